The molecule has 5 heteroatoms. The van der Waals surface area contributed by atoms with Gasteiger partial charge < -0.3 is 4.74 Å². The van der Waals surface area contributed by atoms with Crippen molar-refractivity contribution in [1.29, 1.82) is 0 Å². The average molecular weight is 276 g/mol. The Morgan fingerprint density at radius 1 is 1.39 bits per heavy atom. The Bertz CT molecular complexity index is 416. The molecule has 2 atom stereocenters. The fourth-order valence-electron chi connectivity index (χ4n) is 2.27. The smallest absolute Gasteiger partial charge is 0.163 e. The van der Waals surface area contributed by atoms with Crippen molar-refractivity contribution >= 4 is 11.6 Å². The number of ether oxygens (including phenoxy) is 1. The minimum atomic E-state index is -0.803. The number of halogens is 3. The summed E-state index contributed by atoms with van der Waals surface area (Å²) in [5, 5.41) is 0. The molecule has 0 saturated carbocycles. The van der Waals surface area contributed by atoms with Crippen LogP contribution in [0.1, 0.15) is 12.5 Å². The molecule has 1 fully saturated rings. The van der Waals surface area contributed by atoms with E-state index in [1.165, 1.54) is 6.07 Å². The summed E-state index contributed by atoms with van der Waals surface area (Å²) in [6, 6.07) is 4.26. The molecule has 0 radical (unpaired) electrons. The van der Waals surface area contributed by atoms with Crippen LogP contribution in [-0.2, 0) is 11.3 Å². The largest absolute Gasteiger partial charge is 0.371 e. The summed E-state index contributed by atoms with van der Waals surface area (Å²) in [6.45, 7) is 3.67. The number of hydrogen-bond donors (Lipinski definition) is 0. The molecular formula is C13H16ClF2NO. The topological polar surface area (TPSA) is 12.5 Å². The summed E-state index contributed by atoms with van der Waals surface area (Å²) in [5.41, 5.74) is 0.373. The van der Waals surface area contributed by atoms with E-state index in [2.05, 4.69) is 0 Å². The molecule has 1 aromatic carbocycles. The normalized spacial score (nSPS) is 25.3. The minimum absolute atomic E-state index is 0.0490. The Balaban J connectivity index is 2.06. The average Bonchev–Trinajstić information content (AvgIpc) is 2.34. The molecule has 100 valence electrons. The van der Waals surface area contributed by atoms with Gasteiger partial charge in [-0.3, -0.25) is 4.90 Å². The van der Waals surface area contributed by atoms with Gasteiger partial charge >= 0.3 is 0 Å². The van der Waals surface area contributed by atoms with Gasteiger partial charge in [-0.05, 0) is 13.0 Å². The van der Waals surface area contributed by atoms with Crippen molar-refractivity contribution in [2.24, 2.45) is 0 Å². The maximum atomic E-state index is 13.6. The van der Waals surface area contributed by atoms with Crippen LogP contribution in [0.2, 0.25) is 0 Å². The molecule has 0 aliphatic carbocycles. The highest BCUT2D eigenvalue weighted by Gasteiger charge is 2.25. The fraction of sp³-hybridized carbons (Fsp3) is 0.538. The number of morpholine rings is 1. The van der Waals surface area contributed by atoms with E-state index in [0.29, 0.717) is 31.1 Å². The van der Waals surface area contributed by atoms with E-state index >= 15 is 0 Å². The number of nitrogens with zero attached hydrogens (tertiary/aromatic N) is 1. The van der Waals surface area contributed by atoms with Gasteiger partial charge in [0.25, 0.3) is 0 Å². The van der Waals surface area contributed by atoms with Crippen LogP contribution < -0.4 is 0 Å². The quantitative estimate of drug-likeness (QED) is 0.787. The van der Waals surface area contributed by atoms with E-state index in [1.807, 2.05) is 11.8 Å². The standard InChI is InChI=1S/C13H16ClF2NO/c1-9-6-17(8-11(5-14)18-9)7-10-3-2-4-12(15)13(10)16/h2-4,9,11H,5-8H2,1H3. The van der Waals surface area contributed by atoms with Gasteiger partial charge in [-0.15, -0.1) is 11.6 Å². The molecule has 1 heterocycles. The summed E-state index contributed by atoms with van der Waals surface area (Å²) in [7, 11) is 0. The molecule has 0 N–H and O–H groups in total. The van der Waals surface area contributed by atoms with Crippen molar-refractivity contribution in [1.82, 2.24) is 4.90 Å². The first-order valence-electron chi connectivity index (χ1n) is 5.96. The highest BCUT2D eigenvalue weighted by atomic mass is 35.5. The Morgan fingerprint density at radius 3 is 2.89 bits per heavy atom. The van der Waals surface area contributed by atoms with Gasteiger partial charge in [0.05, 0.1) is 12.2 Å². The SMILES string of the molecule is CC1CN(Cc2cccc(F)c2F)CC(CCl)O1. The summed E-state index contributed by atoms with van der Waals surface area (Å²) >= 11 is 5.78. The molecule has 0 amide bonds. The maximum Gasteiger partial charge on any atom is 0.163 e. The van der Waals surface area contributed by atoms with Gasteiger partial charge in [0, 0.05) is 31.1 Å². The fourth-order valence-corrected chi connectivity index (χ4v) is 2.44. The lowest BCUT2D eigenvalue weighted by molar-refractivity contribution is -0.0691. The molecule has 2 rings (SSSR count). The molecule has 0 spiro atoms. The first-order valence-corrected chi connectivity index (χ1v) is 6.50. The molecule has 2 nitrogen and oxygen atoms in total. The van der Waals surface area contributed by atoms with Crippen LogP contribution in [-0.4, -0.2) is 36.1 Å². The van der Waals surface area contributed by atoms with Crippen LogP contribution in [0.3, 0.4) is 0 Å². The highest BCUT2D eigenvalue weighted by Crippen LogP contribution is 2.18. The summed E-state index contributed by atoms with van der Waals surface area (Å²) in [4.78, 5) is 2.04. The van der Waals surface area contributed by atoms with E-state index in [-0.39, 0.29) is 12.2 Å². The summed E-state index contributed by atoms with van der Waals surface area (Å²) in [6.07, 6.45) is 0.00570. The lowest BCUT2D eigenvalue weighted by atomic mass is 10.1. The van der Waals surface area contributed by atoms with Gasteiger partial charge in [-0.2, -0.15) is 0 Å². The van der Waals surface area contributed by atoms with Crippen molar-refractivity contribution in [2.75, 3.05) is 19.0 Å². The zero-order chi connectivity index (χ0) is 13.1. The van der Waals surface area contributed by atoms with Crippen LogP contribution in [0, 0.1) is 11.6 Å². The number of rotatable bonds is 3. The van der Waals surface area contributed by atoms with E-state index < -0.39 is 11.6 Å². The molecule has 2 unspecified atom stereocenters. The lowest BCUT2D eigenvalue weighted by Crippen LogP contribution is -2.46. The second kappa shape index (κ2) is 5.95. The van der Waals surface area contributed by atoms with Gasteiger partial charge in [-0.1, -0.05) is 12.1 Å². The van der Waals surface area contributed by atoms with Crippen molar-refractivity contribution < 1.29 is 13.5 Å². The van der Waals surface area contributed by atoms with E-state index in [1.54, 1.807) is 6.07 Å². The Morgan fingerprint density at radius 2 is 2.17 bits per heavy atom. The monoisotopic (exact) mass is 275 g/mol. The van der Waals surface area contributed by atoms with Gasteiger partial charge in [0.15, 0.2) is 11.6 Å². The molecule has 1 saturated heterocycles. The molecule has 18 heavy (non-hydrogen) atoms. The van der Waals surface area contributed by atoms with Crippen LogP contribution in [0.5, 0.6) is 0 Å². The second-order valence-electron chi connectivity index (χ2n) is 4.63. The predicted molar refractivity (Wildman–Crippen MR) is 66.7 cm³/mol. The number of hydrogen-bond acceptors (Lipinski definition) is 2. The van der Waals surface area contributed by atoms with E-state index in [0.717, 1.165) is 6.07 Å². The predicted octanol–water partition coefficient (Wildman–Crippen LogP) is 2.79. The number of alkyl halides is 1. The Hall–Kier alpha value is -0.710. The molecule has 0 bridgehead atoms. The number of benzene rings is 1. The van der Waals surface area contributed by atoms with Crippen LogP contribution in [0.4, 0.5) is 8.78 Å². The van der Waals surface area contributed by atoms with Crippen molar-refractivity contribution in [3.05, 3.63) is 35.4 Å². The van der Waals surface area contributed by atoms with Gasteiger partial charge in [0.2, 0.25) is 0 Å². The lowest BCUT2D eigenvalue weighted by Gasteiger charge is -2.36. The van der Waals surface area contributed by atoms with Crippen LogP contribution in [0.25, 0.3) is 0 Å². The third-order valence-electron chi connectivity index (χ3n) is 3.00. The second-order valence-corrected chi connectivity index (χ2v) is 4.94. The van der Waals surface area contributed by atoms with E-state index in [9.17, 15) is 8.78 Å². The Labute approximate surface area is 110 Å². The van der Waals surface area contributed by atoms with Crippen molar-refractivity contribution in [3.8, 4) is 0 Å². The first-order chi connectivity index (χ1) is 8.60. The Kier molecular flexibility index (Phi) is 4.54. The summed E-state index contributed by atoms with van der Waals surface area (Å²) < 4.78 is 32.3. The van der Waals surface area contributed by atoms with Crippen molar-refractivity contribution in [3.63, 3.8) is 0 Å². The molecule has 1 aromatic rings. The van der Waals surface area contributed by atoms with Gasteiger partial charge in [0.1, 0.15) is 0 Å². The van der Waals surface area contributed by atoms with E-state index in [4.69, 9.17) is 16.3 Å². The molecule has 1 aliphatic rings. The zero-order valence-corrected chi connectivity index (χ0v) is 11.0. The third-order valence-corrected chi connectivity index (χ3v) is 3.34. The molecule has 1 aliphatic heterocycles. The minimum Gasteiger partial charge on any atom is -0.371 e. The third kappa shape index (κ3) is 3.19. The van der Waals surface area contributed by atoms with Gasteiger partial charge in [-0.25, -0.2) is 8.78 Å². The first kappa shape index (κ1) is 13.7. The highest BCUT2D eigenvalue weighted by molar-refractivity contribution is 6.18. The van der Waals surface area contributed by atoms with Crippen LogP contribution >= 0.6 is 11.6 Å². The molecule has 0 aromatic heterocycles. The summed E-state index contributed by atoms with van der Waals surface area (Å²) in [5.74, 6) is -1.16. The maximum absolute atomic E-state index is 13.6. The van der Waals surface area contributed by atoms with Crippen molar-refractivity contribution in [2.45, 2.75) is 25.7 Å². The zero-order valence-electron chi connectivity index (χ0n) is 10.2. The molecular weight excluding hydrogens is 260 g/mol. The van der Waals surface area contributed by atoms with Crippen LogP contribution in [0.15, 0.2) is 18.2 Å².